The topological polar surface area (TPSA) is 70.2 Å². The highest BCUT2D eigenvalue weighted by molar-refractivity contribution is 5.81. The van der Waals surface area contributed by atoms with Crippen LogP contribution in [0.2, 0.25) is 0 Å². The molecule has 0 bridgehead atoms. The Morgan fingerprint density at radius 2 is 1.93 bits per heavy atom. The monoisotopic (exact) mass is 201 g/mol. The zero-order valence-electron chi connectivity index (χ0n) is 9.02. The molecule has 0 rings (SSSR count). The Balaban J connectivity index is 3.63. The molecular formula is C9H19N3O2. The van der Waals surface area contributed by atoms with Crippen LogP contribution in [0.1, 0.15) is 19.8 Å². The highest BCUT2D eigenvalue weighted by Gasteiger charge is 2.13. The van der Waals surface area contributed by atoms with Gasteiger partial charge in [0, 0.05) is 20.5 Å². The summed E-state index contributed by atoms with van der Waals surface area (Å²) in [7, 11) is 3.36. The van der Waals surface area contributed by atoms with Crippen LogP contribution in [0.15, 0.2) is 0 Å². The van der Waals surface area contributed by atoms with Crippen molar-refractivity contribution in [3.63, 3.8) is 0 Å². The minimum absolute atomic E-state index is 0.0182. The van der Waals surface area contributed by atoms with Crippen molar-refractivity contribution in [2.24, 2.45) is 0 Å². The van der Waals surface area contributed by atoms with Gasteiger partial charge in [0.1, 0.15) is 0 Å². The van der Waals surface area contributed by atoms with E-state index < -0.39 is 0 Å². The molecule has 0 aliphatic heterocycles. The summed E-state index contributed by atoms with van der Waals surface area (Å²) in [5, 5.41) is 8.18. The predicted octanol–water partition coefficient (Wildman–Crippen LogP) is -0.763. The number of hydrogen-bond donors (Lipinski definition) is 3. The van der Waals surface area contributed by atoms with Crippen LogP contribution in [0.3, 0.4) is 0 Å². The lowest BCUT2D eigenvalue weighted by atomic mass is 10.1. The maximum Gasteiger partial charge on any atom is 0.236 e. The lowest BCUT2D eigenvalue weighted by Gasteiger charge is -2.13. The lowest BCUT2D eigenvalue weighted by molar-refractivity contribution is -0.122. The number of rotatable bonds is 6. The normalized spacial score (nSPS) is 11.9. The highest BCUT2D eigenvalue weighted by atomic mass is 16.2. The summed E-state index contributed by atoms with van der Waals surface area (Å²) in [5.74, 6) is -0.0544. The number of hydrogen-bond acceptors (Lipinski definition) is 3. The standard InChI is InChI=1S/C9H19N3O2/c1-7(13)12-6-4-5-8(10-2)9(14)11-3/h8,10H,4-6H2,1-3H3,(H,11,14)(H,12,13). The van der Waals surface area contributed by atoms with Crippen molar-refractivity contribution < 1.29 is 9.59 Å². The molecule has 1 unspecified atom stereocenters. The molecule has 5 nitrogen and oxygen atoms in total. The van der Waals surface area contributed by atoms with Gasteiger partial charge in [-0.1, -0.05) is 0 Å². The summed E-state index contributed by atoms with van der Waals surface area (Å²) in [6, 6.07) is -0.172. The summed E-state index contributed by atoms with van der Waals surface area (Å²) >= 11 is 0. The Labute approximate surface area is 84.6 Å². The van der Waals surface area contributed by atoms with Crippen molar-refractivity contribution in [1.29, 1.82) is 0 Å². The van der Waals surface area contributed by atoms with E-state index in [1.165, 1.54) is 6.92 Å². The van der Waals surface area contributed by atoms with Crippen LogP contribution in [-0.4, -0.2) is 38.5 Å². The third kappa shape index (κ3) is 5.53. The first-order valence-corrected chi connectivity index (χ1v) is 4.75. The Hall–Kier alpha value is -1.10. The summed E-state index contributed by atoms with van der Waals surface area (Å²) in [6.07, 6.45) is 1.51. The van der Waals surface area contributed by atoms with Gasteiger partial charge in [-0.15, -0.1) is 0 Å². The largest absolute Gasteiger partial charge is 0.358 e. The second-order valence-electron chi connectivity index (χ2n) is 3.08. The maximum absolute atomic E-state index is 11.2. The maximum atomic E-state index is 11.2. The molecule has 0 radical (unpaired) electrons. The molecule has 14 heavy (non-hydrogen) atoms. The fourth-order valence-electron chi connectivity index (χ4n) is 1.15. The first-order chi connectivity index (χ1) is 6.61. The summed E-state index contributed by atoms with van der Waals surface area (Å²) in [4.78, 5) is 21.8. The van der Waals surface area contributed by atoms with Crippen molar-refractivity contribution in [3.8, 4) is 0 Å². The van der Waals surface area contributed by atoms with Crippen molar-refractivity contribution in [3.05, 3.63) is 0 Å². The van der Waals surface area contributed by atoms with Crippen LogP contribution in [0, 0.1) is 0 Å². The van der Waals surface area contributed by atoms with Gasteiger partial charge in [-0.25, -0.2) is 0 Å². The van der Waals surface area contributed by atoms with Crippen molar-refractivity contribution in [2.45, 2.75) is 25.8 Å². The van der Waals surface area contributed by atoms with Gasteiger partial charge in [-0.05, 0) is 19.9 Å². The van der Waals surface area contributed by atoms with Gasteiger partial charge in [-0.3, -0.25) is 9.59 Å². The minimum Gasteiger partial charge on any atom is -0.358 e. The third-order valence-electron chi connectivity index (χ3n) is 1.95. The van der Waals surface area contributed by atoms with Gasteiger partial charge in [0.2, 0.25) is 11.8 Å². The average molecular weight is 201 g/mol. The third-order valence-corrected chi connectivity index (χ3v) is 1.95. The fraction of sp³-hybridized carbons (Fsp3) is 0.778. The quantitative estimate of drug-likeness (QED) is 0.495. The van der Waals surface area contributed by atoms with Crippen LogP contribution in [-0.2, 0) is 9.59 Å². The zero-order valence-corrected chi connectivity index (χ0v) is 9.02. The van der Waals surface area contributed by atoms with E-state index in [9.17, 15) is 9.59 Å². The molecule has 0 aromatic carbocycles. The van der Waals surface area contributed by atoms with Gasteiger partial charge >= 0.3 is 0 Å². The smallest absolute Gasteiger partial charge is 0.236 e. The van der Waals surface area contributed by atoms with Crippen LogP contribution < -0.4 is 16.0 Å². The second-order valence-corrected chi connectivity index (χ2v) is 3.08. The number of amides is 2. The second kappa shape index (κ2) is 7.32. The van der Waals surface area contributed by atoms with Crippen LogP contribution in [0.4, 0.5) is 0 Å². The Bertz CT molecular complexity index is 194. The van der Waals surface area contributed by atoms with E-state index >= 15 is 0 Å². The molecule has 3 N–H and O–H groups in total. The van der Waals surface area contributed by atoms with Crippen molar-refractivity contribution >= 4 is 11.8 Å². The SMILES string of the molecule is CNC(=O)C(CCCNC(C)=O)NC. The average Bonchev–Trinajstić information content (AvgIpc) is 2.16. The van der Waals surface area contributed by atoms with Crippen molar-refractivity contribution in [1.82, 2.24) is 16.0 Å². The van der Waals surface area contributed by atoms with E-state index in [1.54, 1.807) is 14.1 Å². The van der Waals surface area contributed by atoms with Gasteiger partial charge in [0.15, 0.2) is 0 Å². The zero-order chi connectivity index (χ0) is 11.0. The molecule has 82 valence electrons. The van der Waals surface area contributed by atoms with Crippen LogP contribution in [0.5, 0.6) is 0 Å². The number of carbonyl (C=O) groups is 2. The fourth-order valence-corrected chi connectivity index (χ4v) is 1.15. The molecule has 1 atom stereocenters. The highest BCUT2D eigenvalue weighted by Crippen LogP contribution is 1.95. The molecule has 0 aliphatic rings. The first-order valence-electron chi connectivity index (χ1n) is 4.75. The molecule has 0 aromatic rings. The predicted molar refractivity (Wildman–Crippen MR) is 54.8 cm³/mol. The van der Waals surface area contributed by atoms with E-state index in [0.29, 0.717) is 6.54 Å². The van der Waals surface area contributed by atoms with Gasteiger partial charge in [0.25, 0.3) is 0 Å². The molecular weight excluding hydrogens is 182 g/mol. The Morgan fingerprint density at radius 3 is 2.36 bits per heavy atom. The number of carbonyl (C=O) groups excluding carboxylic acids is 2. The number of nitrogens with one attached hydrogen (secondary N) is 3. The van der Waals surface area contributed by atoms with E-state index in [1.807, 2.05) is 0 Å². The van der Waals surface area contributed by atoms with E-state index in [4.69, 9.17) is 0 Å². The van der Waals surface area contributed by atoms with Gasteiger partial charge < -0.3 is 16.0 Å². The first kappa shape index (κ1) is 12.9. The van der Waals surface area contributed by atoms with E-state index in [-0.39, 0.29) is 17.9 Å². The Kier molecular flexibility index (Phi) is 6.74. The summed E-state index contributed by atoms with van der Waals surface area (Å²) in [6.45, 7) is 2.10. The molecule has 0 aliphatic carbocycles. The van der Waals surface area contributed by atoms with E-state index in [0.717, 1.165) is 12.8 Å². The van der Waals surface area contributed by atoms with Crippen molar-refractivity contribution in [2.75, 3.05) is 20.6 Å². The van der Waals surface area contributed by atoms with Crippen LogP contribution >= 0.6 is 0 Å². The molecule has 0 fully saturated rings. The summed E-state index contributed by atoms with van der Waals surface area (Å²) in [5.41, 5.74) is 0. The van der Waals surface area contributed by atoms with Gasteiger partial charge in [0.05, 0.1) is 6.04 Å². The minimum atomic E-state index is -0.172. The lowest BCUT2D eigenvalue weighted by Crippen LogP contribution is -2.41. The molecule has 2 amide bonds. The van der Waals surface area contributed by atoms with Crippen LogP contribution in [0.25, 0.3) is 0 Å². The molecule has 0 spiro atoms. The van der Waals surface area contributed by atoms with E-state index in [2.05, 4.69) is 16.0 Å². The molecule has 5 heteroatoms. The number of likely N-dealkylation sites (N-methyl/N-ethyl adjacent to an activating group) is 2. The molecule has 0 heterocycles. The molecule has 0 saturated carbocycles. The molecule has 0 aromatic heterocycles. The Morgan fingerprint density at radius 1 is 1.29 bits per heavy atom. The van der Waals surface area contributed by atoms with Gasteiger partial charge in [-0.2, -0.15) is 0 Å². The summed E-state index contributed by atoms with van der Waals surface area (Å²) < 4.78 is 0. The molecule has 0 saturated heterocycles.